The maximum Gasteiger partial charge on any atom is 0.134 e. The van der Waals surface area contributed by atoms with Gasteiger partial charge in [0.25, 0.3) is 0 Å². The molecule has 0 aliphatic rings. The Hall–Kier alpha value is -1.39. The number of aromatic nitrogens is 1. The van der Waals surface area contributed by atoms with Crippen LogP contribution in [0.25, 0.3) is 0 Å². The van der Waals surface area contributed by atoms with Crippen molar-refractivity contribution in [2.24, 2.45) is 0 Å². The summed E-state index contributed by atoms with van der Waals surface area (Å²) in [6.07, 6.45) is 3.01. The summed E-state index contributed by atoms with van der Waals surface area (Å²) in [7, 11) is 1.67. The average molecular weight is 236 g/mol. The molecule has 17 heavy (non-hydrogen) atoms. The SMILES string of the molecule is C=CCN(CCOC)c1ncccc1[C@H](C)O. The van der Waals surface area contributed by atoms with Gasteiger partial charge in [-0.25, -0.2) is 4.98 Å². The maximum atomic E-state index is 9.72. The van der Waals surface area contributed by atoms with Crippen LogP contribution in [0, 0.1) is 0 Å². The Morgan fingerprint density at radius 1 is 1.65 bits per heavy atom. The van der Waals surface area contributed by atoms with E-state index in [-0.39, 0.29) is 0 Å². The third kappa shape index (κ3) is 3.84. The number of aliphatic hydroxyl groups excluding tert-OH is 1. The Bertz CT molecular complexity index is 353. The number of ether oxygens (including phenoxy) is 1. The number of nitrogens with zero attached hydrogens (tertiary/aromatic N) is 2. The van der Waals surface area contributed by atoms with Gasteiger partial charge in [0, 0.05) is 32.0 Å². The van der Waals surface area contributed by atoms with Crippen LogP contribution < -0.4 is 4.90 Å². The highest BCUT2D eigenvalue weighted by molar-refractivity contribution is 5.48. The second-order valence-electron chi connectivity index (χ2n) is 3.82. The molecule has 1 N–H and O–H groups in total. The molecule has 0 radical (unpaired) electrons. The van der Waals surface area contributed by atoms with Crippen molar-refractivity contribution >= 4 is 5.82 Å². The van der Waals surface area contributed by atoms with Crippen LogP contribution in [0.3, 0.4) is 0 Å². The molecule has 0 unspecified atom stereocenters. The molecule has 0 saturated heterocycles. The van der Waals surface area contributed by atoms with Gasteiger partial charge in [-0.2, -0.15) is 0 Å². The molecule has 4 nitrogen and oxygen atoms in total. The van der Waals surface area contributed by atoms with E-state index in [1.165, 1.54) is 0 Å². The van der Waals surface area contributed by atoms with Gasteiger partial charge in [-0.15, -0.1) is 6.58 Å². The molecule has 0 aromatic carbocycles. The van der Waals surface area contributed by atoms with Crippen molar-refractivity contribution in [2.45, 2.75) is 13.0 Å². The van der Waals surface area contributed by atoms with E-state index < -0.39 is 6.10 Å². The zero-order valence-electron chi connectivity index (χ0n) is 10.5. The first kappa shape index (κ1) is 13.7. The first-order valence-electron chi connectivity index (χ1n) is 5.68. The molecule has 0 spiro atoms. The van der Waals surface area contributed by atoms with Gasteiger partial charge in [0.1, 0.15) is 5.82 Å². The van der Waals surface area contributed by atoms with Crippen molar-refractivity contribution in [3.8, 4) is 0 Å². The van der Waals surface area contributed by atoms with Gasteiger partial charge < -0.3 is 14.7 Å². The highest BCUT2D eigenvalue weighted by Gasteiger charge is 2.14. The molecule has 0 amide bonds. The zero-order valence-corrected chi connectivity index (χ0v) is 10.5. The summed E-state index contributed by atoms with van der Waals surface area (Å²) >= 11 is 0. The predicted molar refractivity (Wildman–Crippen MR) is 69.2 cm³/mol. The molecule has 1 heterocycles. The van der Waals surface area contributed by atoms with Crippen molar-refractivity contribution in [1.82, 2.24) is 4.98 Å². The first-order chi connectivity index (χ1) is 8.20. The Morgan fingerprint density at radius 2 is 2.41 bits per heavy atom. The monoisotopic (exact) mass is 236 g/mol. The van der Waals surface area contributed by atoms with Gasteiger partial charge in [0.05, 0.1) is 12.7 Å². The maximum absolute atomic E-state index is 9.72. The summed E-state index contributed by atoms with van der Waals surface area (Å²) in [5.41, 5.74) is 0.824. The smallest absolute Gasteiger partial charge is 0.134 e. The molecule has 1 aromatic heterocycles. The number of rotatable bonds is 7. The summed E-state index contributed by atoms with van der Waals surface area (Å²) in [6.45, 7) is 7.49. The number of hydrogen-bond acceptors (Lipinski definition) is 4. The highest BCUT2D eigenvalue weighted by Crippen LogP contribution is 2.23. The molecule has 0 saturated carbocycles. The minimum absolute atomic E-state index is 0.534. The van der Waals surface area contributed by atoms with E-state index >= 15 is 0 Å². The molecular formula is C13H20N2O2. The Balaban J connectivity index is 2.95. The van der Waals surface area contributed by atoms with Gasteiger partial charge in [-0.3, -0.25) is 0 Å². The van der Waals surface area contributed by atoms with Crippen LogP contribution in [0.1, 0.15) is 18.6 Å². The fourth-order valence-corrected chi connectivity index (χ4v) is 1.64. The highest BCUT2D eigenvalue weighted by atomic mass is 16.5. The summed E-state index contributed by atoms with van der Waals surface area (Å²) < 4.78 is 5.07. The molecule has 94 valence electrons. The largest absolute Gasteiger partial charge is 0.389 e. The predicted octanol–water partition coefficient (Wildman–Crippen LogP) is 1.77. The Labute approximate surface area is 103 Å². The molecule has 1 aromatic rings. The molecule has 0 aliphatic carbocycles. The topological polar surface area (TPSA) is 45.6 Å². The molecule has 4 heteroatoms. The second kappa shape index (κ2) is 7.04. The van der Waals surface area contributed by atoms with E-state index in [2.05, 4.69) is 11.6 Å². The standard InChI is InChI=1S/C13H20N2O2/c1-4-8-15(9-10-17-3)13-12(11(2)16)6-5-7-14-13/h4-7,11,16H,1,8-10H2,2-3H3/t11-/m0/s1. The Kier molecular flexibility index (Phi) is 5.66. The fourth-order valence-electron chi connectivity index (χ4n) is 1.64. The second-order valence-corrected chi connectivity index (χ2v) is 3.82. The zero-order chi connectivity index (χ0) is 12.7. The summed E-state index contributed by atoms with van der Waals surface area (Å²) in [5.74, 6) is 0.791. The number of anilines is 1. The van der Waals surface area contributed by atoms with Crippen molar-refractivity contribution in [2.75, 3.05) is 31.7 Å². The molecule has 0 fully saturated rings. The van der Waals surface area contributed by atoms with Gasteiger partial charge in [0.2, 0.25) is 0 Å². The van der Waals surface area contributed by atoms with Gasteiger partial charge in [-0.1, -0.05) is 12.1 Å². The third-order valence-electron chi connectivity index (χ3n) is 2.48. The van der Waals surface area contributed by atoms with Crippen LogP contribution >= 0.6 is 0 Å². The van der Waals surface area contributed by atoms with E-state index in [1.54, 1.807) is 20.2 Å². The van der Waals surface area contributed by atoms with Crippen molar-refractivity contribution in [1.29, 1.82) is 0 Å². The Morgan fingerprint density at radius 3 is 3.00 bits per heavy atom. The van der Waals surface area contributed by atoms with E-state index in [9.17, 15) is 5.11 Å². The van der Waals surface area contributed by atoms with E-state index in [0.29, 0.717) is 13.2 Å². The lowest BCUT2D eigenvalue weighted by molar-refractivity contribution is 0.197. The normalized spacial score (nSPS) is 12.2. The van der Waals surface area contributed by atoms with Gasteiger partial charge in [0.15, 0.2) is 0 Å². The van der Waals surface area contributed by atoms with Crippen molar-refractivity contribution in [3.63, 3.8) is 0 Å². The minimum Gasteiger partial charge on any atom is -0.389 e. The average Bonchev–Trinajstić information content (AvgIpc) is 2.34. The van der Waals surface area contributed by atoms with Crippen LogP contribution in [0.15, 0.2) is 31.0 Å². The summed E-state index contributed by atoms with van der Waals surface area (Å²) in [4.78, 5) is 6.37. The van der Waals surface area contributed by atoms with Crippen LogP contribution in [-0.4, -0.2) is 36.9 Å². The molecule has 1 atom stereocenters. The van der Waals surface area contributed by atoms with Crippen LogP contribution in [0.4, 0.5) is 5.82 Å². The van der Waals surface area contributed by atoms with Crippen molar-refractivity contribution in [3.05, 3.63) is 36.5 Å². The molecule has 0 aliphatic heterocycles. The van der Waals surface area contributed by atoms with Gasteiger partial charge >= 0.3 is 0 Å². The number of hydrogen-bond donors (Lipinski definition) is 1. The lowest BCUT2D eigenvalue weighted by Gasteiger charge is -2.25. The number of methoxy groups -OCH3 is 1. The van der Waals surface area contributed by atoms with Crippen molar-refractivity contribution < 1.29 is 9.84 Å². The van der Waals surface area contributed by atoms with Crippen LogP contribution in [0.2, 0.25) is 0 Å². The lowest BCUT2D eigenvalue weighted by Crippen LogP contribution is -2.29. The third-order valence-corrected chi connectivity index (χ3v) is 2.48. The van der Waals surface area contributed by atoms with Gasteiger partial charge in [-0.05, 0) is 13.0 Å². The number of pyridine rings is 1. The quantitative estimate of drug-likeness (QED) is 0.733. The van der Waals surface area contributed by atoms with E-state index in [4.69, 9.17) is 4.74 Å². The summed E-state index contributed by atoms with van der Waals surface area (Å²) in [5, 5.41) is 9.72. The lowest BCUT2D eigenvalue weighted by atomic mass is 10.1. The molecule has 0 bridgehead atoms. The fraction of sp³-hybridized carbons (Fsp3) is 0.462. The van der Waals surface area contributed by atoms with Crippen LogP contribution in [0.5, 0.6) is 0 Å². The first-order valence-corrected chi connectivity index (χ1v) is 5.68. The van der Waals surface area contributed by atoms with E-state index in [1.807, 2.05) is 23.1 Å². The summed E-state index contributed by atoms with van der Waals surface area (Å²) in [6, 6.07) is 3.71. The van der Waals surface area contributed by atoms with Crippen LogP contribution in [-0.2, 0) is 4.74 Å². The minimum atomic E-state index is -0.534. The van der Waals surface area contributed by atoms with E-state index in [0.717, 1.165) is 17.9 Å². The number of aliphatic hydroxyl groups is 1. The molecular weight excluding hydrogens is 216 g/mol. The molecule has 1 rings (SSSR count).